The lowest BCUT2D eigenvalue weighted by Gasteiger charge is -2.35. The minimum atomic E-state index is -0.820. The Balaban J connectivity index is 1.59. The predicted molar refractivity (Wildman–Crippen MR) is 116 cm³/mol. The van der Waals surface area contributed by atoms with E-state index >= 15 is 0 Å². The molecule has 2 fully saturated rings. The van der Waals surface area contributed by atoms with Gasteiger partial charge in [-0.15, -0.1) is 0 Å². The van der Waals surface area contributed by atoms with Gasteiger partial charge in [0, 0.05) is 29.2 Å². The van der Waals surface area contributed by atoms with Gasteiger partial charge < -0.3 is 4.74 Å². The van der Waals surface area contributed by atoms with Crippen LogP contribution in [-0.2, 0) is 11.3 Å². The highest BCUT2D eigenvalue weighted by atomic mass is 19.1. The first-order valence-corrected chi connectivity index (χ1v) is 10.4. The second-order valence-electron chi connectivity index (χ2n) is 9.64. The predicted octanol–water partition coefficient (Wildman–Crippen LogP) is 5.24. The summed E-state index contributed by atoms with van der Waals surface area (Å²) in [7, 11) is 0. The van der Waals surface area contributed by atoms with Crippen LogP contribution in [0.5, 0.6) is 0 Å². The highest BCUT2D eigenvalue weighted by molar-refractivity contribution is 5.84. The molecule has 1 heterocycles. The van der Waals surface area contributed by atoms with E-state index in [-0.39, 0.29) is 0 Å². The minimum Gasteiger partial charge on any atom is -0.444 e. The van der Waals surface area contributed by atoms with Crippen LogP contribution in [0.15, 0.2) is 42.5 Å². The van der Waals surface area contributed by atoms with E-state index in [4.69, 9.17) is 4.74 Å². The zero-order chi connectivity index (χ0) is 22.4. The van der Waals surface area contributed by atoms with E-state index < -0.39 is 28.1 Å². The maximum absolute atomic E-state index is 13.9. The van der Waals surface area contributed by atoms with E-state index in [9.17, 15) is 19.3 Å². The smallest absolute Gasteiger partial charge is 0.412 e. The number of nitro benzene ring substituents is 1. The lowest BCUT2D eigenvalue weighted by atomic mass is 10.1. The summed E-state index contributed by atoms with van der Waals surface area (Å²) in [6, 6.07) is 11.8. The first-order valence-electron chi connectivity index (χ1n) is 10.4. The molecule has 1 aliphatic carbocycles. The number of nitrogens with zero attached hydrogens (tertiary/aromatic N) is 2. The number of nitrogens with one attached hydrogen (secondary N) is 1. The van der Waals surface area contributed by atoms with Crippen LogP contribution >= 0.6 is 0 Å². The third-order valence-electron chi connectivity index (χ3n) is 5.97. The molecule has 164 valence electrons. The summed E-state index contributed by atoms with van der Waals surface area (Å²) in [6.45, 7) is 7.76. The van der Waals surface area contributed by atoms with Crippen molar-refractivity contribution in [1.29, 1.82) is 0 Å². The molecular formula is C23H27FN3O4+. The summed E-state index contributed by atoms with van der Waals surface area (Å²) in [4.78, 5) is 22.7. The van der Waals surface area contributed by atoms with Crippen molar-refractivity contribution in [1.82, 2.24) is 4.48 Å². The van der Waals surface area contributed by atoms with Gasteiger partial charge in [-0.25, -0.2) is 4.79 Å². The Bertz CT molecular complexity index is 1020. The third-order valence-corrected chi connectivity index (χ3v) is 5.97. The maximum Gasteiger partial charge on any atom is 0.412 e. The molecule has 8 heteroatoms. The Hall–Kier alpha value is -3.00. The van der Waals surface area contributed by atoms with Crippen LogP contribution in [0.25, 0.3) is 0 Å². The van der Waals surface area contributed by atoms with Gasteiger partial charge in [0.1, 0.15) is 17.8 Å². The summed E-state index contributed by atoms with van der Waals surface area (Å²) < 4.78 is 19.8. The SMILES string of the molecule is CC(C)(C)OC(=O)Nc1cccc(C[N+]2(c3ccc(F)c([N+](=O)[O-])c3)C[C@H]3C[C@H]3C2)c1. The molecule has 2 aromatic carbocycles. The number of ether oxygens (including phenoxy) is 1. The molecule has 7 nitrogen and oxygen atoms in total. The summed E-state index contributed by atoms with van der Waals surface area (Å²) in [6.07, 6.45) is 0.661. The fraction of sp³-hybridized carbons (Fsp3) is 0.435. The van der Waals surface area contributed by atoms with Crippen molar-refractivity contribution in [3.63, 3.8) is 0 Å². The average molecular weight is 428 g/mol. The molecular weight excluding hydrogens is 401 g/mol. The molecule has 31 heavy (non-hydrogen) atoms. The number of anilines is 1. The average Bonchev–Trinajstić information content (AvgIpc) is 3.27. The number of amides is 1. The van der Waals surface area contributed by atoms with Crippen LogP contribution in [-0.4, -0.2) is 29.7 Å². The molecule has 0 bridgehead atoms. The van der Waals surface area contributed by atoms with Gasteiger partial charge in [-0.2, -0.15) is 4.39 Å². The van der Waals surface area contributed by atoms with Crippen LogP contribution in [0.1, 0.15) is 32.8 Å². The molecule has 0 aromatic heterocycles. The Morgan fingerprint density at radius 3 is 2.58 bits per heavy atom. The molecule has 1 saturated carbocycles. The minimum absolute atomic E-state index is 0.490. The van der Waals surface area contributed by atoms with Crippen molar-refractivity contribution < 1.29 is 18.8 Å². The number of nitro groups is 1. The summed E-state index contributed by atoms with van der Waals surface area (Å²) >= 11 is 0. The van der Waals surface area contributed by atoms with Gasteiger partial charge in [-0.05, 0) is 45.4 Å². The number of carbonyl (C=O) groups excluding carboxylic acids is 1. The van der Waals surface area contributed by atoms with Gasteiger partial charge in [-0.1, -0.05) is 12.1 Å². The topological polar surface area (TPSA) is 81.5 Å². The van der Waals surface area contributed by atoms with Crippen molar-refractivity contribution in [3.8, 4) is 0 Å². The molecule has 1 N–H and O–H groups in total. The van der Waals surface area contributed by atoms with Gasteiger partial charge in [-0.3, -0.25) is 19.9 Å². The second kappa shape index (κ2) is 7.60. The zero-order valence-electron chi connectivity index (χ0n) is 17.9. The number of benzene rings is 2. The Morgan fingerprint density at radius 2 is 1.94 bits per heavy atom. The number of likely N-dealkylation sites (tertiary alicyclic amines) is 1. The summed E-state index contributed by atoms with van der Waals surface area (Å²) in [5.74, 6) is 0.388. The van der Waals surface area contributed by atoms with E-state index in [0.29, 0.717) is 28.6 Å². The zero-order valence-corrected chi connectivity index (χ0v) is 17.9. The third kappa shape index (κ3) is 4.69. The first kappa shape index (κ1) is 21.2. The number of piperidine rings is 1. The monoisotopic (exact) mass is 428 g/mol. The van der Waals surface area contributed by atoms with Crippen LogP contribution in [0.3, 0.4) is 0 Å². The quantitative estimate of drug-likeness (QED) is 0.401. The summed E-state index contributed by atoms with van der Waals surface area (Å²) in [5, 5.41) is 14.0. The molecule has 2 aromatic rings. The molecule has 0 spiro atoms. The van der Waals surface area contributed by atoms with Crippen molar-refractivity contribution in [2.45, 2.75) is 39.3 Å². The van der Waals surface area contributed by atoms with E-state index in [1.165, 1.54) is 18.6 Å². The highest BCUT2D eigenvalue weighted by Gasteiger charge is 2.56. The van der Waals surface area contributed by atoms with Gasteiger partial charge >= 0.3 is 11.8 Å². The lowest BCUT2D eigenvalue weighted by molar-refractivity contribution is -0.387. The van der Waals surface area contributed by atoms with E-state index in [0.717, 1.165) is 24.3 Å². The van der Waals surface area contributed by atoms with E-state index in [2.05, 4.69) is 5.32 Å². The van der Waals surface area contributed by atoms with E-state index in [1.807, 2.05) is 18.2 Å². The van der Waals surface area contributed by atoms with Crippen molar-refractivity contribution in [2.75, 3.05) is 18.4 Å². The fourth-order valence-corrected chi connectivity index (χ4v) is 4.62. The first-order chi connectivity index (χ1) is 14.5. The van der Waals surface area contributed by atoms with Crippen LogP contribution in [0, 0.1) is 27.8 Å². The molecule has 1 aliphatic heterocycles. The van der Waals surface area contributed by atoms with Crippen molar-refractivity contribution in [2.24, 2.45) is 11.8 Å². The Labute approximate surface area is 180 Å². The molecule has 1 unspecified atom stereocenters. The number of hydrogen-bond acceptors (Lipinski definition) is 4. The number of halogens is 1. The van der Waals surface area contributed by atoms with Crippen LogP contribution in [0.2, 0.25) is 0 Å². The maximum atomic E-state index is 13.9. The lowest BCUT2D eigenvalue weighted by Crippen LogP contribution is -2.47. The van der Waals surface area contributed by atoms with Crippen molar-refractivity contribution >= 4 is 23.2 Å². The Kier molecular flexibility index (Phi) is 5.21. The van der Waals surface area contributed by atoms with Gasteiger partial charge in [0.05, 0.1) is 24.1 Å². The van der Waals surface area contributed by atoms with Gasteiger partial charge in [0.2, 0.25) is 5.82 Å². The van der Waals surface area contributed by atoms with Gasteiger partial charge in [0.25, 0.3) is 0 Å². The standard InChI is InChI=1S/C23H26FN3O4/c1-23(2,3)31-22(28)25-18-6-4-5-15(9-18)12-27(13-16-10-17(16)14-27)19-7-8-20(24)21(11-19)26(29)30/h4-9,11,16-17H,10,12-14H2,1-3H3/p+1/t16-,17+,27?. The molecule has 4 rings (SSSR count). The number of rotatable bonds is 5. The number of hydrogen-bond donors (Lipinski definition) is 1. The molecule has 3 atom stereocenters. The number of fused-ring (bicyclic) bond motifs is 1. The van der Waals surface area contributed by atoms with Gasteiger partial charge in [0.15, 0.2) is 0 Å². The summed E-state index contributed by atoms with van der Waals surface area (Å²) in [5.41, 5.74) is 1.29. The second-order valence-corrected chi connectivity index (χ2v) is 9.64. The van der Waals surface area contributed by atoms with Crippen molar-refractivity contribution in [3.05, 3.63) is 64.0 Å². The van der Waals surface area contributed by atoms with Crippen LogP contribution < -0.4 is 9.80 Å². The Morgan fingerprint density at radius 1 is 1.23 bits per heavy atom. The highest BCUT2D eigenvalue weighted by Crippen LogP contribution is 2.51. The largest absolute Gasteiger partial charge is 0.444 e. The molecule has 2 aliphatic rings. The number of quaternary nitrogens is 1. The molecule has 1 amide bonds. The number of carbonyl (C=O) groups is 1. The molecule has 1 saturated heterocycles. The van der Waals surface area contributed by atoms with Crippen LogP contribution in [0.4, 0.5) is 26.2 Å². The van der Waals surface area contributed by atoms with E-state index in [1.54, 1.807) is 32.9 Å². The fourth-order valence-electron chi connectivity index (χ4n) is 4.62. The normalized spacial score (nSPS) is 24.4. The molecule has 0 radical (unpaired) electrons.